The molecule has 84 valence electrons. The van der Waals surface area contributed by atoms with Crippen molar-refractivity contribution in [1.82, 2.24) is 0 Å². The molecule has 0 bridgehead atoms. The molecule has 0 aliphatic carbocycles. The van der Waals surface area contributed by atoms with E-state index in [4.69, 9.17) is 5.73 Å². The van der Waals surface area contributed by atoms with Gasteiger partial charge in [-0.1, -0.05) is 29.3 Å². The highest BCUT2D eigenvalue weighted by Gasteiger charge is 2.07. The van der Waals surface area contributed by atoms with Crippen LogP contribution in [0.25, 0.3) is 10.4 Å². The van der Waals surface area contributed by atoms with Gasteiger partial charge in [-0.15, -0.1) is 11.3 Å². The zero-order valence-corrected chi connectivity index (χ0v) is 10.8. The lowest BCUT2D eigenvalue weighted by Gasteiger charge is -2.04. The van der Waals surface area contributed by atoms with E-state index in [0.29, 0.717) is 6.54 Å². The maximum Gasteiger partial charge on any atom is 0.0375 e. The molecule has 0 saturated carbocycles. The number of nitrogens with two attached hydrogens (primary N) is 1. The van der Waals surface area contributed by atoms with Crippen LogP contribution in [0.2, 0.25) is 0 Å². The molecule has 0 fully saturated rings. The van der Waals surface area contributed by atoms with E-state index in [1.807, 2.05) is 0 Å². The maximum absolute atomic E-state index is 5.68. The molecular weight excluding hydrogens is 214 g/mol. The number of thiophene rings is 1. The van der Waals surface area contributed by atoms with E-state index in [1.54, 1.807) is 11.3 Å². The first-order chi connectivity index (χ1) is 7.60. The number of benzene rings is 1. The Morgan fingerprint density at radius 2 is 1.62 bits per heavy atom. The van der Waals surface area contributed by atoms with Gasteiger partial charge < -0.3 is 5.73 Å². The lowest BCUT2D eigenvalue weighted by molar-refractivity contribution is 1.10. The second-order valence-electron chi connectivity index (χ2n) is 4.31. The van der Waals surface area contributed by atoms with E-state index >= 15 is 0 Å². The van der Waals surface area contributed by atoms with Gasteiger partial charge in [-0.2, -0.15) is 0 Å². The Morgan fingerprint density at radius 1 is 1.00 bits per heavy atom. The summed E-state index contributed by atoms with van der Waals surface area (Å²) in [6.07, 6.45) is 0. The number of hydrogen-bond donors (Lipinski definition) is 1. The lowest BCUT2D eigenvalue weighted by Crippen LogP contribution is -1.91. The van der Waals surface area contributed by atoms with Crippen LogP contribution in [0, 0.1) is 20.8 Å². The Balaban J connectivity index is 2.53. The first-order valence-corrected chi connectivity index (χ1v) is 6.30. The molecule has 1 nitrogen and oxygen atoms in total. The third kappa shape index (κ3) is 2.18. The van der Waals surface area contributed by atoms with Crippen LogP contribution < -0.4 is 5.73 Å². The summed E-state index contributed by atoms with van der Waals surface area (Å²) in [7, 11) is 0. The minimum atomic E-state index is 0.635. The Kier molecular flexibility index (Phi) is 3.13. The fourth-order valence-electron chi connectivity index (χ4n) is 2.04. The Labute approximate surface area is 101 Å². The van der Waals surface area contributed by atoms with E-state index in [-0.39, 0.29) is 0 Å². The van der Waals surface area contributed by atoms with Crippen molar-refractivity contribution in [2.75, 3.05) is 0 Å². The van der Waals surface area contributed by atoms with Crippen LogP contribution in [0.4, 0.5) is 0 Å². The Morgan fingerprint density at radius 3 is 2.12 bits per heavy atom. The average molecular weight is 231 g/mol. The van der Waals surface area contributed by atoms with Crippen molar-refractivity contribution >= 4 is 11.3 Å². The lowest BCUT2D eigenvalue weighted by atomic mass is 10.0. The van der Waals surface area contributed by atoms with E-state index in [9.17, 15) is 0 Å². The highest BCUT2D eigenvalue weighted by molar-refractivity contribution is 7.15. The minimum Gasteiger partial charge on any atom is -0.326 e. The quantitative estimate of drug-likeness (QED) is 0.836. The molecule has 0 atom stereocenters. The van der Waals surface area contributed by atoms with Gasteiger partial charge in [0.1, 0.15) is 0 Å². The summed E-state index contributed by atoms with van der Waals surface area (Å²) >= 11 is 1.80. The zero-order chi connectivity index (χ0) is 11.7. The predicted octanol–water partition coefficient (Wildman–Crippen LogP) is 3.80. The second-order valence-corrected chi connectivity index (χ2v) is 5.44. The van der Waals surface area contributed by atoms with Crippen molar-refractivity contribution in [2.45, 2.75) is 27.3 Å². The molecule has 0 aliphatic rings. The molecule has 2 heteroatoms. The number of rotatable bonds is 2. The Bertz CT molecular complexity index is 491. The van der Waals surface area contributed by atoms with Gasteiger partial charge in [0, 0.05) is 16.3 Å². The summed E-state index contributed by atoms with van der Waals surface area (Å²) in [6.45, 7) is 7.07. The van der Waals surface area contributed by atoms with Crippen LogP contribution in [0.3, 0.4) is 0 Å². The minimum absolute atomic E-state index is 0.635. The standard InChI is InChI=1S/C14H17NS/c1-9-4-10(2)6-12(5-9)14-11(3)7-13(8-15)16-14/h4-7H,8,15H2,1-3H3. The van der Waals surface area contributed by atoms with Crippen molar-refractivity contribution in [3.63, 3.8) is 0 Å². The molecule has 0 unspecified atom stereocenters. The van der Waals surface area contributed by atoms with Gasteiger partial charge in [0.25, 0.3) is 0 Å². The molecule has 0 radical (unpaired) electrons. The summed E-state index contributed by atoms with van der Waals surface area (Å²) in [5, 5.41) is 0. The van der Waals surface area contributed by atoms with Crippen LogP contribution in [0.15, 0.2) is 24.3 Å². The number of aryl methyl sites for hydroxylation is 3. The fraction of sp³-hybridized carbons (Fsp3) is 0.286. The van der Waals surface area contributed by atoms with Gasteiger partial charge in [-0.25, -0.2) is 0 Å². The predicted molar refractivity (Wildman–Crippen MR) is 71.9 cm³/mol. The van der Waals surface area contributed by atoms with Crippen molar-refractivity contribution in [2.24, 2.45) is 5.73 Å². The van der Waals surface area contributed by atoms with Crippen LogP contribution in [0.1, 0.15) is 21.6 Å². The number of hydrogen-bond acceptors (Lipinski definition) is 2. The molecule has 1 aromatic heterocycles. The molecular formula is C14H17NS. The van der Waals surface area contributed by atoms with Gasteiger partial charge in [-0.3, -0.25) is 0 Å². The van der Waals surface area contributed by atoms with Gasteiger partial charge in [0.2, 0.25) is 0 Å². The van der Waals surface area contributed by atoms with Crippen LogP contribution >= 0.6 is 11.3 Å². The summed E-state index contributed by atoms with van der Waals surface area (Å²) < 4.78 is 0. The average Bonchev–Trinajstić information content (AvgIpc) is 2.58. The maximum atomic E-state index is 5.68. The monoisotopic (exact) mass is 231 g/mol. The third-order valence-electron chi connectivity index (χ3n) is 2.65. The van der Waals surface area contributed by atoms with Crippen molar-refractivity contribution in [3.8, 4) is 10.4 Å². The van der Waals surface area contributed by atoms with Gasteiger partial charge >= 0.3 is 0 Å². The summed E-state index contributed by atoms with van der Waals surface area (Å²) in [4.78, 5) is 2.61. The smallest absolute Gasteiger partial charge is 0.0375 e. The van der Waals surface area contributed by atoms with Gasteiger partial charge in [0.15, 0.2) is 0 Å². The molecule has 1 aromatic carbocycles. The van der Waals surface area contributed by atoms with Gasteiger partial charge in [-0.05, 0) is 38.0 Å². The van der Waals surface area contributed by atoms with Crippen LogP contribution in [-0.4, -0.2) is 0 Å². The van der Waals surface area contributed by atoms with Crippen molar-refractivity contribution in [1.29, 1.82) is 0 Å². The van der Waals surface area contributed by atoms with Crippen molar-refractivity contribution in [3.05, 3.63) is 45.8 Å². The summed E-state index contributed by atoms with van der Waals surface area (Å²) in [5.41, 5.74) is 11.0. The highest BCUT2D eigenvalue weighted by atomic mass is 32.1. The molecule has 0 spiro atoms. The summed E-state index contributed by atoms with van der Waals surface area (Å²) in [6, 6.07) is 8.88. The Hall–Kier alpha value is -1.12. The fourth-order valence-corrected chi connectivity index (χ4v) is 3.08. The largest absolute Gasteiger partial charge is 0.326 e. The molecule has 0 aliphatic heterocycles. The molecule has 2 rings (SSSR count). The van der Waals surface area contributed by atoms with E-state index < -0.39 is 0 Å². The first-order valence-electron chi connectivity index (χ1n) is 5.48. The SMILES string of the molecule is Cc1cc(C)cc(-c2sc(CN)cc2C)c1. The molecule has 0 amide bonds. The van der Waals surface area contributed by atoms with Crippen LogP contribution in [0.5, 0.6) is 0 Å². The first kappa shape index (κ1) is 11.4. The van der Waals surface area contributed by atoms with Crippen molar-refractivity contribution < 1.29 is 0 Å². The van der Waals surface area contributed by atoms with E-state index in [2.05, 4.69) is 45.0 Å². The molecule has 2 aromatic rings. The summed E-state index contributed by atoms with van der Waals surface area (Å²) in [5.74, 6) is 0. The topological polar surface area (TPSA) is 26.0 Å². The van der Waals surface area contributed by atoms with Gasteiger partial charge in [0.05, 0.1) is 0 Å². The zero-order valence-electron chi connectivity index (χ0n) is 10.0. The third-order valence-corrected chi connectivity index (χ3v) is 3.96. The normalized spacial score (nSPS) is 10.8. The highest BCUT2D eigenvalue weighted by Crippen LogP contribution is 2.33. The molecule has 0 saturated heterocycles. The van der Waals surface area contributed by atoms with E-state index in [1.165, 1.54) is 32.0 Å². The van der Waals surface area contributed by atoms with E-state index in [0.717, 1.165) is 0 Å². The molecule has 1 heterocycles. The molecule has 2 N–H and O–H groups in total. The van der Waals surface area contributed by atoms with Crippen LogP contribution in [-0.2, 0) is 6.54 Å². The molecule has 16 heavy (non-hydrogen) atoms. The second kappa shape index (κ2) is 4.40.